The fraction of sp³-hybridized carbons (Fsp3) is 0.241. The predicted molar refractivity (Wildman–Crippen MR) is 484 cm³/mol. The van der Waals surface area contributed by atoms with E-state index in [0.29, 0.717) is 110 Å². The van der Waals surface area contributed by atoms with E-state index in [-0.39, 0.29) is 66.3 Å². The van der Waals surface area contributed by atoms with Gasteiger partial charge in [0.1, 0.15) is 56.1 Å². The van der Waals surface area contributed by atoms with Crippen LogP contribution >= 0.6 is 57.4 Å². The first-order valence-electron chi connectivity index (χ1n) is 37.0. The molecule has 9 N–H and O–H groups in total. The Morgan fingerprint density at radius 3 is 1.48 bits per heavy atom. The molecule has 0 saturated carbocycles. The molecule has 0 spiro atoms. The first kappa shape index (κ1) is 103. The Labute approximate surface area is 767 Å². The minimum atomic E-state index is -2.95. The average molecular weight is 1850 g/mol. The number of hydrogen-bond donors (Lipinski definition) is 6. The van der Waals surface area contributed by atoms with Crippen LogP contribution in [0.4, 0.5) is 39.8 Å². The molecule has 3 saturated heterocycles. The number of para-hydroxylation sites is 4. The standard InChI is InChI=1S/C25H21N3O3S.C15H14N2.C10H9NO3S.C9H9ClO3.C9H10O4.C8H7NO3.C6H8N2.CH4.Cl2OS.2Na.O4S2/c1-15-6-7-17(21-13-16-4-2-3-5-19(16)26-21)12-20(15)27-25(32)28-24(29)18-8-9-22-23(14-18)31-11-10-30-22;1-10-6-7-12(8-13(10)16)15-9-11-4-2-3-5-14(11)17-15;12-10(11-6-15)7-1-2-8-9(5-7)14-4-3-13-8;2*10-9(11)6-1-2-7-8(5-6)13-4-3-12-7;1-6-2-3-7(5-10)4-8(6)9(11)12;7-5-3-1-2-4-6(5)8;;1-4(2)3;;;1-5(2)6(3)4/h2-9,12,14H,10-11,13H2,1H3,(H2,27,28,29,32);2-8H,9,16H2,1H3;1-2,5,8-9H,3-4H2;1-2,5,7-8H,3-4H2;1-2,5,7-8H,3-4H2,(H,10,11);2-5H,1H3;1-4H,7-8H2;1H4;;;;. The number of nitrogens with two attached hydrogens (primary N) is 3. The van der Waals surface area contributed by atoms with Crippen LogP contribution in [0.2, 0.25) is 0 Å². The number of nitrogen functional groups attached to an aromatic ring is 3. The summed E-state index contributed by atoms with van der Waals surface area (Å²) in [5.41, 5.74) is 33.2. The van der Waals surface area contributed by atoms with Gasteiger partial charge in [0, 0.05) is 79.5 Å². The zero-order valence-electron chi connectivity index (χ0n) is 66.0. The van der Waals surface area contributed by atoms with Crippen LogP contribution in [-0.4, -0.2) is 215 Å². The molecule has 40 heteroatoms. The van der Waals surface area contributed by atoms with Crippen LogP contribution < -0.4 is 37.3 Å². The van der Waals surface area contributed by atoms with Crippen molar-refractivity contribution in [3.63, 3.8) is 0 Å². The number of carboxylic acid groups (broad SMARTS) is 1. The van der Waals surface area contributed by atoms with Crippen molar-refractivity contribution in [2.24, 2.45) is 15.0 Å². The van der Waals surface area contributed by atoms with Crippen molar-refractivity contribution in [2.45, 2.75) is 77.7 Å². The number of allylic oxidation sites excluding steroid dienone is 2. The van der Waals surface area contributed by atoms with Gasteiger partial charge in [0.25, 0.3) is 22.7 Å². The first-order valence-corrected chi connectivity index (χ1v) is 51.6. The van der Waals surface area contributed by atoms with Crippen molar-refractivity contribution in [2.75, 3.05) is 75.4 Å². The van der Waals surface area contributed by atoms with Crippen molar-refractivity contribution >= 4 is 220 Å². The van der Waals surface area contributed by atoms with Gasteiger partial charge in [-0.25, -0.2) is 9.00 Å². The molecule has 0 bridgehead atoms. The molecule has 0 aromatic heterocycles. The normalized spacial score (nSPS) is 17.9. The van der Waals surface area contributed by atoms with E-state index in [4.69, 9.17) is 110 Å². The van der Waals surface area contributed by atoms with Gasteiger partial charge in [0.15, 0.2) is 16.6 Å². The maximum absolute atomic E-state index is 12.7. The van der Waals surface area contributed by atoms with E-state index in [0.717, 1.165) is 69.3 Å². The van der Waals surface area contributed by atoms with Gasteiger partial charge in [-0.3, -0.25) is 44.6 Å². The Morgan fingerprint density at radius 1 is 0.585 bits per heavy atom. The molecule has 7 aromatic carbocycles. The van der Waals surface area contributed by atoms with Gasteiger partial charge >= 0.3 is 68.1 Å². The number of halogens is 3. The van der Waals surface area contributed by atoms with Crippen LogP contribution in [0.5, 0.6) is 11.5 Å². The third-order valence-corrected chi connectivity index (χ3v) is 19.1. The molecule has 6 aliphatic heterocycles. The van der Waals surface area contributed by atoms with E-state index in [1.165, 1.54) is 60.8 Å². The van der Waals surface area contributed by atoms with Crippen molar-refractivity contribution < 1.29 is 92.9 Å². The second-order valence-electron chi connectivity index (χ2n) is 25.8. The molecule has 6 heterocycles. The number of rotatable bonds is 9. The Balaban J connectivity index is 0.000000225. The Morgan fingerprint density at radius 2 is 1.02 bits per heavy atom. The number of carbonyl (C=O) groups is 5. The molecule has 6 unspecified atom stereocenters. The van der Waals surface area contributed by atoms with E-state index in [1.54, 1.807) is 104 Å². The monoisotopic (exact) mass is 1850 g/mol. The van der Waals surface area contributed by atoms with E-state index < -0.39 is 49.8 Å². The van der Waals surface area contributed by atoms with Crippen LogP contribution in [-0.2, 0) is 83.4 Å². The van der Waals surface area contributed by atoms with E-state index >= 15 is 0 Å². The quantitative estimate of drug-likeness (QED) is 0.0114. The van der Waals surface area contributed by atoms with Gasteiger partial charge in [-0.2, -0.15) is 21.8 Å². The van der Waals surface area contributed by atoms with Crippen LogP contribution in [0.25, 0.3) is 0 Å². The third-order valence-electron chi connectivity index (χ3n) is 17.7. The van der Waals surface area contributed by atoms with Gasteiger partial charge in [-0.15, -0.1) is 0 Å². The fourth-order valence-electron chi connectivity index (χ4n) is 11.7. The van der Waals surface area contributed by atoms with Crippen molar-refractivity contribution in [1.82, 2.24) is 5.32 Å². The molecule has 7 aromatic rings. The Kier molecular flexibility index (Phi) is 44.4. The molecule has 9 aliphatic rings. The summed E-state index contributed by atoms with van der Waals surface area (Å²) >= 11 is 18.0. The molecule has 0 radical (unpaired) electrons. The number of nitrogens with one attached hydrogen (secondary N) is 2. The third kappa shape index (κ3) is 33.3. The van der Waals surface area contributed by atoms with E-state index in [2.05, 4.69) is 96.7 Å². The average Bonchev–Trinajstić information content (AvgIpc) is 1.64. The number of nitro groups is 1. The number of aliphatic carboxylic acids is 1. The van der Waals surface area contributed by atoms with Crippen molar-refractivity contribution in [3.8, 4) is 11.5 Å². The number of ether oxygens (including phenoxy) is 8. The number of nitro benzene ring substituents is 1. The zero-order valence-corrected chi connectivity index (χ0v) is 76.3. The van der Waals surface area contributed by atoms with Crippen LogP contribution in [0, 0.1) is 30.9 Å². The molecule has 2 amide bonds. The summed E-state index contributed by atoms with van der Waals surface area (Å²) in [5, 5.41) is 26.8. The van der Waals surface area contributed by atoms with E-state index in [9.17, 15) is 34.1 Å². The van der Waals surface area contributed by atoms with Gasteiger partial charge in [0.05, 0.1) is 89.5 Å². The number of isothiocyanates is 1. The number of nitrogens with zero attached hydrogens (tertiary/aromatic N) is 4. The number of fused-ring (bicyclic) bond motifs is 6. The Hall–Kier alpha value is -9.22. The second kappa shape index (κ2) is 53.2. The number of carbonyl (C=O) groups excluding carboxylic acids is 4. The van der Waals surface area contributed by atoms with Crippen molar-refractivity contribution in [1.29, 1.82) is 0 Å². The molecule has 3 fully saturated rings. The minimum absolute atomic E-state index is 0. The molecule has 6 atom stereocenters. The summed E-state index contributed by atoms with van der Waals surface area (Å²) in [7, 11) is 1.46. The maximum atomic E-state index is 12.7. The summed E-state index contributed by atoms with van der Waals surface area (Å²) in [6.45, 7) is 10.00. The number of hydrogen-bond acceptors (Lipinski definition) is 27. The molecule has 30 nitrogen and oxygen atoms in total. The predicted octanol–water partition coefficient (Wildman–Crippen LogP) is 12.2. The summed E-state index contributed by atoms with van der Waals surface area (Å²) in [6, 6.07) is 45.4. The number of amides is 2. The Bertz CT molecular complexity index is 5510. The van der Waals surface area contributed by atoms with Crippen LogP contribution in [0.1, 0.15) is 67.1 Å². The molecule has 16 rings (SSSR count). The summed E-state index contributed by atoms with van der Waals surface area (Å²) in [5.74, 6) is -0.441. The number of carboxylic acids is 1. The van der Waals surface area contributed by atoms with Gasteiger partial charge in [-0.1, -0.05) is 123 Å². The van der Waals surface area contributed by atoms with Gasteiger partial charge in [0.2, 0.25) is 9.23 Å². The first-order chi connectivity index (χ1) is 58.5. The number of aryl methyl sites for hydroxylation is 3. The second-order valence-corrected chi connectivity index (χ2v) is 31.7. The molecule has 638 valence electrons. The number of anilines is 4. The van der Waals surface area contributed by atoms with Crippen LogP contribution in [0.15, 0.2) is 232 Å². The number of thiocarbonyl (C=S) groups is 2. The molecular formula is C83H82Cl3N9Na2O21S5. The fourth-order valence-corrected chi connectivity index (χ4v) is 12.1. The summed E-state index contributed by atoms with van der Waals surface area (Å²) in [6.07, 6.45) is 16.7. The molecular weight excluding hydrogens is 1770 g/mol. The summed E-state index contributed by atoms with van der Waals surface area (Å²) < 4.78 is 88.9. The van der Waals surface area contributed by atoms with Crippen molar-refractivity contribution in [3.05, 3.63) is 277 Å². The SMILES string of the molecule is C.Cc1ccc(C2=Nc3ccccc3C2)cc1N.Cc1ccc(C2=Nc3ccccc3C2)cc1NC(=S)NC(=O)c1ccc2c(c1)OCCO2.Cc1ccc(C=O)cc1[N+](=O)[O-].Nc1ccccc1N.O=C(Cl)C1=CC2OCCOC2C=C1.O=C(N=C=S)C1=CC2OCCOC2C=C1.O=C(O)C1=CC2OCCOC2C=C1.O=S(=O)=S(=O)=O.O=S(Cl)Cl.[Na][Na]. The van der Waals surface area contributed by atoms with Crippen LogP contribution in [0.3, 0.4) is 0 Å². The molecule has 123 heavy (non-hydrogen) atoms. The number of benzene rings is 7. The number of aldehydes is 1. The van der Waals surface area contributed by atoms with E-state index in [1.807, 2.05) is 73.6 Å². The summed E-state index contributed by atoms with van der Waals surface area (Å²) in [4.78, 5) is 78.4. The topological polar surface area (TPSA) is 447 Å². The zero-order chi connectivity index (χ0) is 89.0. The number of aliphatic imine (C=N–C) groups is 3. The van der Waals surface area contributed by atoms with Gasteiger partial charge in [-0.05, 0) is 169 Å². The molecule has 3 aliphatic carbocycles. The van der Waals surface area contributed by atoms with Gasteiger partial charge < -0.3 is 65.5 Å².